The molecule has 2 aromatic rings. The van der Waals surface area contributed by atoms with Crippen LogP contribution >= 0.6 is 0 Å². The Bertz CT molecular complexity index is 541. The van der Waals surface area contributed by atoms with Crippen molar-refractivity contribution in [1.82, 2.24) is 14.3 Å². The summed E-state index contributed by atoms with van der Waals surface area (Å²) in [5.41, 5.74) is 3.62. The molecule has 0 fully saturated rings. The van der Waals surface area contributed by atoms with Gasteiger partial charge < -0.3 is 9.67 Å². The Kier molecular flexibility index (Phi) is 2.96. The van der Waals surface area contributed by atoms with Crippen molar-refractivity contribution in [3.8, 4) is 0 Å². The van der Waals surface area contributed by atoms with Crippen molar-refractivity contribution in [2.45, 2.75) is 38.3 Å². The van der Waals surface area contributed by atoms with Crippen LogP contribution in [0, 0.1) is 0 Å². The summed E-state index contributed by atoms with van der Waals surface area (Å²) in [5.74, 6) is 0. The van der Waals surface area contributed by atoms with Crippen LogP contribution in [-0.4, -0.2) is 19.5 Å². The third-order valence-corrected chi connectivity index (χ3v) is 3.65. The van der Waals surface area contributed by atoms with Crippen molar-refractivity contribution >= 4 is 0 Å². The molecular formula is C14H19N3O. The van der Waals surface area contributed by atoms with Crippen LogP contribution in [0.1, 0.15) is 42.1 Å². The normalized spacial score (nSPS) is 19.6. The van der Waals surface area contributed by atoms with E-state index >= 15 is 0 Å². The Morgan fingerprint density at radius 3 is 3.00 bits per heavy atom. The molecule has 1 atom stereocenters. The summed E-state index contributed by atoms with van der Waals surface area (Å²) in [7, 11) is 1.93. The summed E-state index contributed by atoms with van der Waals surface area (Å²) in [6.45, 7) is 0.827. The average molecular weight is 245 g/mol. The summed E-state index contributed by atoms with van der Waals surface area (Å²) in [4.78, 5) is 0. The maximum atomic E-state index is 10.1. The predicted octanol–water partition coefficient (Wildman–Crippen LogP) is 2.03. The van der Waals surface area contributed by atoms with Crippen molar-refractivity contribution in [3.63, 3.8) is 0 Å². The zero-order valence-electron chi connectivity index (χ0n) is 10.7. The lowest BCUT2D eigenvalue weighted by Crippen LogP contribution is -1.97. The third kappa shape index (κ3) is 2.20. The minimum atomic E-state index is -0.280. The number of hydrogen-bond donors (Lipinski definition) is 1. The number of fused-ring (bicyclic) bond motifs is 1. The van der Waals surface area contributed by atoms with Crippen molar-refractivity contribution in [3.05, 3.63) is 41.5 Å². The van der Waals surface area contributed by atoms with E-state index in [1.165, 1.54) is 17.5 Å². The quantitative estimate of drug-likeness (QED) is 0.823. The summed E-state index contributed by atoms with van der Waals surface area (Å²) in [6, 6.07) is 0. The minimum Gasteiger partial charge on any atom is -0.388 e. The van der Waals surface area contributed by atoms with Crippen LogP contribution in [0.4, 0.5) is 0 Å². The van der Waals surface area contributed by atoms with Gasteiger partial charge in [0.1, 0.15) is 0 Å². The predicted molar refractivity (Wildman–Crippen MR) is 69.3 cm³/mol. The lowest BCUT2D eigenvalue weighted by molar-refractivity contribution is 0.166. The molecule has 96 valence electrons. The molecular weight excluding hydrogens is 226 g/mol. The number of hydrogen-bond acceptors (Lipinski definition) is 2. The maximum Gasteiger partial charge on any atom is 0.0807 e. The molecule has 3 rings (SSSR count). The van der Waals surface area contributed by atoms with E-state index in [4.69, 9.17) is 0 Å². The van der Waals surface area contributed by atoms with Gasteiger partial charge in [0.15, 0.2) is 0 Å². The molecule has 0 saturated heterocycles. The molecule has 4 nitrogen and oxygen atoms in total. The maximum absolute atomic E-state index is 10.1. The van der Waals surface area contributed by atoms with Gasteiger partial charge in [-0.1, -0.05) is 6.42 Å². The smallest absolute Gasteiger partial charge is 0.0807 e. The minimum absolute atomic E-state index is 0.280. The van der Waals surface area contributed by atoms with Crippen LogP contribution in [0.3, 0.4) is 0 Å². The molecule has 0 aliphatic heterocycles. The molecule has 1 N–H and O–H groups in total. The van der Waals surface area contributed by atoms with Crippen LogP contribution in [-0.2, 0) is 20.0 Å². The van der Waals surface area contributed by atoms with E-state index in [9.17, 15) is 5.11 Å². The number of aliphatic hydroxyl groups excluding tert-OH is 1. The highest BCUT2D eigenvalue weighted by molar-refractivity contribution is 5.28. The highest BCUT2D eigenvalue weighted by Gasteiger charge is 2.18. The molecule has 4 heteroatoms. The van der Waals surface area contributed by atoms with Gasteiger partial charge in [-0.2, -0.15) is 5.10 Å². The Morgan fingerprint density at radius 1 is 1.33 bits per heavy atom. The zero-order valence-corrected chi connectivity index (χ0v) is 10.7. The molecule has 0 radical (unpaired) electrons. The third-order valence-electron chi connectivity index (χ3n) is 3.65. The fourth-order valence-corrected chi connectivity index (χ4v) is 2.75. The summed E-state index contributed by atoms with van der Waals surface area (Å²) in [6.07, 6.45) is 12.2. The molecule has 1 aliphatic carbocycles. The second-order valence-corrected chi connectivity index (χ2v) is 5.19. The second kappa shape index (κ2) is 4.61. The van der Waals surface area contributed by atoms with Gasteiger partial charge in [0.25, 0.3) is 0 Å². The van der Waals surface area contributed by atoms with Crippen molar-refractivity contribution < 1.29 is 5.11 Å². The molecule has 2 heterocycles. The number of nitrogens with zero attached hydrogens (tertiary/aromatic N) is 3. The van der Waals surface area contributed by atoms with Crippen molar-refractivity contribution in [1.29, 1.82) is 0 Å². The van der Waals surface area contributed by atoms with Crippen LogP contribution in [0.5, 0.6) is 0 Å². The van der Waals surface area contributed by atoms with E-state index in [2.05, 4.69) is 22.1 Å². The Labute approximate surface area is 107 Å². The summed E-state index contributed by atoms with van der Waals surface area (Å²) >= 11 is 0. The molecule has 0 saturated carbocycles. The van der Waals surface area contributed by atoms with Gasteiger partial charge in [0.05, 0.1) is 18.8 Å². The average Bonchev–Trinajstić information content (AvgIpc) is 2.88. The molecule has 1 aliphatic rings. The molecule has 1 unspecified atom stereocenters. The first-order chi connectivity index (χ1) is 8.72. The Balaban J connectivity index is 1.84. The van der Waals surface area contributed by atoms with Gasteiger partial charge in [-0.3, -0.25) is 4.68 Å². The first-order valence-electron chi connectivity index (χ1n) is 6.56. The van der Waals surface area contributed by atoms with E-state index in [0.717, 1.165) is 31.4 Å². The summed E-state index contributed by atoms with van der Waals surface area (Å²) in [5, 5.41) is 14.3. The molecule has 0 bridgehead atoms. The lowest BCUT2D eigenvalue weighted by Gasteiger charge is -2.06. The fourth-order valence-electron chi connectivity index (χ4n) is 2.75. The lowest BCUT2D eigenvalue weighted by atomic mass is 10.1. The van der Waals surface area contributed by atoms with Crippen molar-refractivity contribution in [2.24, 2.45) is 7.05 Å². The molecule has 0 amide bonds. The van der Waals surface area contributed by atoms with E-state index in [1.807, 2.05) is 24.1 Å². The number of aryl methyl sites for hydroxylation is 2. The van der Waals surface area contributed by atoms with Gasteiger partial charge in [0.2, 0.25) is 0 Å². The van der Waals surface area contributed by atoms with Crippen molar-refractivity contribution in [2.75, 3.05) is 0 Å². The largest absolute Gasteiger partial charge is 0.388 e. The van der Waals surface area contributed by atoms with Gasteiger partial charge in [-0.15, -0.1) is 0 Å². The Hall–Kier alpha value is -1.55. The summed E-state index contributed by atoms with van der Waals surface area (Å²) < 4.78 is 3.98. The SMILES string of the molecule is Cn1cc(Cn2cc3c(c2)C(O)CCCC3)cn1. The topological polar surface area (TPSA) is 43.0 Å². The highest BCUT2D eigenvalue weighted by atomic mass is 16.3. The molecule has 2 aromatic heterocycles. The molecule has 0 aromatic carbocycles. The first-order valence-corrected chi connectivity index (χ1v) is 6.56. The Morgan fingerprint density at radius 2 is 2.22 bits per heavy atom. The van der Waals surface area contributed by atoms with E-state index in [-0.39, 0.29) is 6.10 Å². The first kappa shape index (κ1) is 11.5. The number of rotatable bonds is 2. The fraction of sp³-hybridized carbons (Fsp3) is 0.500. The van der Waals surface area contributed by atoms with Crippen LogP contribution in [0.2, 0.25) is 0 Å². The van der Waals surface area contributed by atoms with Crippen LogP contribution in [0.15, 0.2) is 24.8 Å². The highest BCUT2D eigenvalue weighted by Crippen LogP contribution is 2.29. The van der Waals surface area contributed by atoms with Gasteiger partial charge in [0, 0.05) is 36.8 Å². The molecule has 18 heavy (non-hydrogen) atoms. The van der Waals surface area contributed by atoms with Gasteiger partial charge >= 0.3 is 0 Å². The van der Waals surface area contributed by atoms with Crippen LogP contribution < -0.4 is 0 Å². The monoisotopic (exact) mass is 245 g/mol. The van der Waals surface area contributed by atoms with E-state index in [0.29, 0.717) is 0 Å². The standard InChI is InChI=1S/C14H19N3O/c1-16-7-11(6-15-16)8-17-9-12-4-2-3-5-14(18)13(12)10-17/h6-7,9-10,14,18H,2-5,8H2,1H3. The van der Waals surface area contributed by atoms with E-state index < -0.39 is 0 Å². The number of aromatic nitrogens is 3. The molecule has 0 spiro atoms. The van der Waals surface area contributed by atoms with Crippen LogP contribution in [0.25, 0.3) is 0 Å². The van der Waals surface area contributed by atoms with Gasteiger partial charge in [-0.25, -0.2) is 0 Å². The second-order valence-electron chi connectivity index (χ2n) is 5.19. The van der Waals surface area contributed by atoms with Gasteiger partial charge in [-0.05, 0) is 24.8 Å². The van der Waals surface area contributed by atoms with E-state index in [1.54, 1.807) is 0 Å². The zero-order chi connectivity index (χ0) is 12.5. The number of aliphatic hydroxyl groups is 1.